The molecule has 1 aromatic heterocycles. The first-order valence-electron chi connectivity index (χ1n) is 4.01. The molecule has 0 aliphatic heterocycles. The number of thiophene rings is 1. The zero-order valence-corrected chi connectivity index (χ0v) is 9.11. The molecule has 1 N–H and O–H groups in total. The Hall–Kier alpha value is -1.00. The summed E-state index contributed by atoms with van der Waals surface area (Å²) in [7, 11) is 0. The summed E-state index contributed by atoms with van der Waals surface area (Å²) < 4.78 is 0.947. The zero-order chi connectivity index (χ0) is 10.1. The molecule has 14 heavy (non-hydrogen) atoms. The standard InChI is InChI=1S/C10H8O2S2/c1-13-6-2-3-8-7(4-6)10(12)9(5-11)14-8/h2-5,12H,1H3. The molecule has 4 heteroatoms. The Labute approximate surface area is 89.6 Å². The van der Waals surface area contributed by atoms with E-state index in [-0.39, 0.29) is 5.75 Å². The van der Waals surface area contributed by atoms with Crippen molar-refractivity contribution in [2.45, 2.75) is 4.90 Å². The van der Waals surface area contributed by atoms with Crippen LogP contribution in [0.1, 0.15) is 9.67 Å². The van der Waals surface area contributed by atoms with Gasteiger partial charge in [-0.3, -0.25) is 4.79 Å². The summed E-state index contributed by atoms with van der Waals surface area (Å²) in [6, 6.07) is 5.81. The molecule has 0 aliphatic rings. The van der Waals surface area contributed by atoms with Gasteiger partial charge in [0.05, 0.1) is 0 Å². The number of aromatic hydroxyl groups is 1. The Morgan fingerprint density at radius 2 is 2.29 bits per heavy atom. The molecule has 0 spiro atoms. The molecule has 0 bridgehead atoms. The Balaban J connectivity index is 2.74. The van der Waals surface area contributed by atoms with Crippen molar-refractivity contribution in [3.05, 3.63) is 23.1 Å². The van der Waals surface area contributed by atoms with Gasteiger partial charge in [-0.25, -0.2) is 0 Å². The number of fused-ring (bicyclic) bond motifs is 1. The minimum absolute atomic E-state index is 0.107. The molecule has 2 rings (SSSR count). The van der Waals surface area contributed by atoms with E-state index in [1.54, 1.807) is 11.8 Å². The van der Waals surface area contributed by atoms with Crippen molar-refractivity contribution in [2.75, 3.05) is 6.26 Å². The van der Waals surface area contributed by atoms with Gasteiger partial charge in [0, 0.05) is 15.0 Å². The van der Waals surface area contributed by atoms with Gasteiger partial charge in [0.15, 0.2) is 6.29 Å². The molecule has 1 heterocycles. The van der Waals surface area contributed by atoms with E-state index in [0.717, 1.165) is 15.0 Å². The summed E-state index contributed by atoms with van der Waals surface area (Å²) in [6.45, 7) is 0. The van der Waals surface area contributed by atoms with Crippen LogP contribution in [-0.4, -0.2) is 17.6 Å². The maximum absolute atomic E-state index is 10.6. The summed E-state index contributed by atoms with van der Waals surface area (Å²) in [6.07, 6.45) is 2.67. The normalized spacial score (nSPS) is 10.6. The van der Waals surface area contributed by atoms with Gasteiger partial charge in [0.2, 0.25) is 0 Å². The number of thioether (sulfide) groups is 1. The number of carbonyl (C=O) groups is 1. The molecule has 0 aliphatic carbocycles. The fourth-order valence-corrected chi connectivity index (χ4v) is 2.62. The average Bonchev–Trinajstić information content (AvgIpc) is 2.55. The number of aldehydes is 1. The van der Waals surface area contributed by atoms with E-state index < -0.39 is 0 Å². The fourth-order valence-electron chi connectivity index (χ4n) is 1.29. The van der Waals surface area contributed by atoms with Gasteiger partial charge in [-0.05, 0) is 24.5 Å². The third kappa shape index (κ3) is 1.40. The molecule has 0 saturated heterocycles. The zero-order valence-electron chi connectivity index (χ0n) is 7.48. The third-order valence-corrected chi connectivity index (χ3v) is 3.81. The molecule has 1 aromatic carbocycles. The summed E-state index contributed by atoms with van der Waals surface area (Å²) >= 11 is 2.93. The van der Waals surface area contributed by atoms with Crippen molar-refractivity contribution >= 4 is 39.5 Å². The molecule has 72 valence electrons. The molecule has 0 amide bonds. The third-order valence-electron chi connectivity index (χ3n) is 2.00. The fraction of sp³-hybridized carbons (Fsp3) is 0.100. The predicted molar refractivity (Wildman–Crippen MR) is 60.7 cm³/mol. The Morgan fingerprint density at radius 1 is 1.50 bits per heavy atom. The van der Waals surface area contributed by atoms with Crippen LogP contribution in [0.3, 0.4) is 0 Å². The lowest BCUT2D eigenvalue weighted by atomic mass is 10.2. The number of carbonyl (C=O) groups excluding carboxylic acids is 1. The lowest BCUT2D eigenvalue weighted by Crippen LogP contribution is -1.71. The highest BCUT2D eigenvalue weighted by atomic mass is 32.2. The van der Waals surface area contributed by atoms with Crippen LogP contribution < -0.4 is 0 Å². The van der Waals surface area contributed by atoms with Crippen LogP contribution in [-0.2, 0) is 0 Å². The Bertz CT molecular complexity index is 488. The average molecular weight is 224 g/mol. The minimum atomic E-state index is 0.107. The lowest BCUT2D eigenvalue weighted by Gasteiger charge is -1.95. The second kappa shape index (κ2) is 3.63. The summed E-state index contributed by atoms with van der Waals surface area (Å²) in [5.74, 6) is 0.107. The number of rotatable bonds is 2. The molecule has 2 aromatic rings. The van der Waals surface area contributed by atoms with Gasteiger partial charge in [-0.2, -0.15) is 0 Å². The van der Waals surface area contributed by atoms with Crippen molar-refractivity contribution in [2.24, 2.45) is 0 Å². The summed E-state index contributed by atoms with van der Waals surface area (Å²) in [5.41, 5.74) is 0. The monoisotopic (exact) mass is 224 g/mol. The second-order valence-corrected chi connectivity index (χ2v) is 4.76. The van der Waals surface area contributed by atoms with Crippen molar-refractivity contribution in [1.82, 2.24) is 0 Å². The second-order valence-electron chi connectivity index (χ2n) is 2.79. The SMILES string of the molecule is CSc1ccc2sc(C=O)c(O)c2c1. The van der Waals surface area contributed by atoms with Gasteiger partial charge in [0.1, 0.15) is 10.6 Å². The quantitative estimate of drug-likeness (QED) is 0.629. The maximum atomic E-state index is 10.6. The highest BCUT2D eigenvalue weighted by Gasteiger charge is 2.10. The van der Waals surface area contributed by atoms with Crippen molar-refractivity contribution in [1.29, 1.82) is 0 Å². The van der Waals surface area contributed by atoms with E-state index >= 15 is 0 Å². The number of hydrogen-bond acceptors (Lipinski definition) is 4. The summed E-state index contributed by atoms with van der Waals surface area (Å²) in [4.78, 5) is 12.1. The van der Waals surface area contributed by atoms with E-state index in [1.165, 1.54) is 11.3 Å². The van der Waals surface area contributed by atoms with Crippen LogP contribution in [0.4, 0.5) is 0 Å². The number of benzene rings is 1. The molecule has 0 radical (unpaired) electrons. The van der Waals surface area contributed by atoms with Crippen molar-refractivity contribution < 1.29 is 9.90 Å². The smallest absolute Gasteiger partial charge is 0.163 e. The van der Waals surface area contributed by atoms with Gasteiger partial charge >= 0.3 is 0 Å². The lowest BCUT2D eigenvalue weighted by molar-refractivity contribution is 0.112. The first-order valence-corrected chi connectivity index (χ1v) is 6.05. The molecule has 0 unspecified atom stereocenters. The Kier molecular flexibility index (Phi) is 2.48. The molecular weight excluding hydrogens is 216 g/mol. The summed E-state index contributed by atoms with van der Waals surface area (Å²) in [5, 5.41) is 10.4. The van der Waals surface area contributed by atoms with Crippen LogP contribution >= 0.6 is 23.1 Å². The maximum Gasteiger partial charge on any atom is 0.163 e. The Morgan fingerprint density at radius 3 is 2.93 bits per heavy atom. The van der Waals surface area contributed by atoms with Gasteiger partial charge in [0.25, 0.3) is 0 Å². The molecule has 2 nitrogen and oxygen atoms in total. The topological polar surface area (TPSA) is 37.3 Å². The van der Waals surface area contributed by atoms with Crippen LogP contribution in [0, 0.1) is 0 Å². The van der Waals surface area contributed by atoms with Gasteiger partial charge in [-0.15, -0.1) is 23.1 Å². The van der Waals surface area contributed by atoms with E-state index in [0.29, 0.717) is 11.2 Å². The van der Waals surface area contributed by atoms with Crippen LogP contribution in [0.2, 0.25) is 0 Å². The van der Waals surface area contributed by atoms with Crippen LogP contribution in [0.25, 0.3) is 10.1 Å². The van der Waals surface area contributed by atoms with Crippen molar-refractivity contribution in [3.8, 4) is 5.75 Å². The molecule has 0 atom stereocenters. The molecular formula is C10H8O2S2. The number of hydrogen-bond donors (Lipinski definition) is 1. The van der Waals surface area contributed by atoms with Gasteiger partial charge < -0.3 is 5.11 Å². The molecule has 0 fully saturated rings. The van der Waals surface area contributed by atoms with Crippen LogP contribution in [0.5, 0.6) is 5.75 Å². The first-order chi connectivity index (χ1) is 6.76. The van der Waals surface area contributed by atoms with E-state index in [1.807, 2.05) is 24.5 Å². The van der Waals surface area contributed by atoms with E-state index in [2.05, 4.69) is 0 Å². The highest BCUT2D eigenvalue weighted by molar-refractivity contribution is 7.98. The van der Waals surface area contributed by atoms with Gasteiger partial charge in [-0.1, -0.05) is 0 Å². The minimum Gasteiger partial charge on any atom is -0.506 e. The predicted octanol–water partition coefficient (Wildman–Crippen LogP) is 3.14. The van der Waals surface area contributed by atoms with Crippen molar-refractivity contribution in [3.63, 3.8) is 0 Å². The van der Waals surface area contributed by atoms with E-state index in [9.17, 15) is 9.90 Å². The van der Waals surface area contributed by atoms with Crippen LogP contribution in [0.15, 0.2) is 23.1 Å². The largest absolute Gasteiger partial charge is 0.506 e. The first kappa shape index (κ1) is 9.55. The van der Waals surface area contributed by atoms with E-state index in [4.69, 9.17) is 0 Å². The molecule has 0 saturated carbocycles. The highest BCUT2D eigenvalue weighted by Crippen LogP contribution is 2.37.